The van der Waals surface area contributed by atoms with Crippen LogP contribution in [0.15, 0.2) is 0 Å². The number of nitrogens with zero attached hydrogens (tertiary/aromatic N) is 1. The molecule has 0 N–H and O–H groups in total. The summed E-state index contributed by atoms with van der Waals surface area (Å²) in [5.74, 6) is -0.474. The van der Waals surface area contributed by atoms with Crippen molar-refractivity contribution in [2.24, 2.45) is 5.92 Å². The molecule has 0 spiro atoms. The van der Waals surface area contributed by atoms with Crippen molar-refractivity contribution in [1.82, 2.24) is 4.90 Å². The molecule has 0 aromatic carbocycles. The highest BCUT2D eigenvalue weighted by molar-refractivity contribution is 5.77. The topological polar surface area (TPSA) is 46.6 Å². The number of carbonyl (C=O) groups is 2. The molecular weight excluding hydrogens is 194 g/mol. The first-order chi connectivity index (χ1) is 6.93. The van der Waals surface area contributed by atoms with E-state index in [-0.39, 0.29) is 23.8 Å². The fourth-order valence-corrected chi connectivity index (χ4v) is 1.37. The van der Waals surface area contributed by atoms with Crippen LogP contribution < -0.4 is 0 Å². The van der Waals surface area contributed by atoms with Crippen LogP contribution in [0.2, 0.25) is 0 Å². The zero-order valence-electron chi connectivity index (χ0n) is 10.2. The van der Waals surface area contributed by atoms with E-state index in [4.69, 9.17) is 0 Å². The van der Waals surface area contributed by atoms with Gasteiger partial charge in [-0.1, -0.05) is 13.8 Å². The maximum absolute atomic E-state index is 11.6. The molecule has 0 fully saturated rings. The molecular formula is C11H21NO3. The Balaban J connectivity index is 4.41. The lowest BCUT2D eigenvalue weighted by molar-refractivity contribution is -0.146. The minimum absolute atomic E-state index is 0.0701. The molecule has 0 heterocycles. The van der Waals surface area contributed by atoms with E-state index >= 15 is 0 Å². The molecule has 0 aliphatic carbocycles. The van der Waals surface area contributed by atoms with Crippen LogP contribution in [0.4, 0.5) is 0 Å². The van der Waals surface area contributed by atoms with Crippen molar-refractivity contribution in [1.29, 1.82) is 0 Å². The van der Waals surface area contributed by atoms with Crippen molar-refractivity contribution in [3.8, 4) is 0 Å². The van der Waals surface area contributed by atoms with Crippen LogP contribution in [0.25, 0.3) is 0 Å². The summed E-state index contributed by atoms with van der Waals surface area (Å²) in [7, 11) is 1.36. The average molecular weight is 215 g/mol. The fraction of sp³-hybridized carbons (Fsp3) is 0.818. The fourth-order valence-electron chi connectivity index (χ4n) is 1.37. The average Bonchev–Trinajstić information content (AvgIpc) is 2.22. The highest BCUT2D eigenvalue weighted by Crippen LogP contribution is 2.08. The van der Waals surface area contributed by atoms with Gasteiger partial charge in [0, 0.05) is 19.0 Å². The lowest BCUT2D eigenvalue weighted by Crippen LogP contribution is -2.41. The third-order valence-corrected chi connectivity index (χ3v) is 2.32. The van der Waals surface area contributed by atoms with E-state index in [0.717, 1.165) is 0 Å². The Morgan fingerprint density at radius 1 is 1.27 bits per heavy atom. The highest BCUT2D eigenvalue weighted by Gasteiger charge is 2.22. The molecule has 0 aliphatic heterocycles. The minimum Gasteiger partial charge on any atom is -0.469 e. The Bertz CT molecular complexity index is 226. The number of hydrogen-bond acceptors (Lipinski definition) is 3. The van der Waals surface area contributed by atoms with Crippen LogP contribution in [0, 0.1) is 5.92 Å². The van der Waals surface area contributed by atoms with E-state index in [1.165, 1.54) is 7.11 Å². The normalized spacial score (nSPS) is 12.4. The zero-order valence-corrected chi connectivity index (χ0v) is 10.2. The first-order valence-electron chi connectivity index (χ1n) is 5.31. The predicted molar refractivity (Wildman–Crippen MR) is 58.3 cm³/mol. The van der Waals surface area contributed by atoms with Crippen LogP contribution >= 0.6 is 0 Å². The molecule has 0 rings (SSSR count). The zero-order chi connectivity index (χ0) is 12.0. The maximum atomic E-state index is 11.6. The summed E-state index contributed by atoms with van der Waals surface area (Å²) in [5.41, 5.74) is 0. The van der Waals surface area contributed by atoms with Crippen molar-refractivity contribution in [3.63, 3.8) is 0 Å². The van der Waals surface area contributed by atoms with E-state index in [0.29, 0.717) is 13.0 Å². The second-order valence-corrected chi connectivity index (χ2v) is 3.92. The van der Waals surface area contributed by atoms with E-state index in [2.05, 4.69) is 4.74 Å². The van der Waals surface area contributed by atoms with Crippen LogP contribution in [0.1, 0.15) is 34.1 Å². The van der Waals surface area contributed by atoms with Gasteiger partial charge in [0.2, 0.25) is 5.91 Å². The molecule has 15 heavy (non-hydrogen) atoms. The number of hydrogen-bond donors (Lipinski definition) is 0. The number of methoxy groups -OCH3 is 1. The number of ether oxygens (including phenoxy) is 1. The Hall–Kier alpha value is -1.06. The van der Waals surface area contributed by atoms with E-state index in [1.54, 1.807) is 11.8 Å². The summed E-state index contributed by atoms with van der Waals surface area (Å²) in [6.07, 6.45) is 0.464. The van der Waals surface area contributed by atoms with Gasteiger partial charge in [-0.05, 0) is 13.8 Å². The molecule has 1 unspecified atom stereocenters. The van der Waals surface area contributed by atoms with Gasteiger partial charge in [-0.25, -0.2) is 0 Å². The van der Waals surface area contributed by atoms with Gasteiger partial charge in [-0.3, -0.25) is 9.59 Å². The first kappa shape index (κ1) is 13.9. The van der Waals surface area contributed by atoms with Crippen LogP contribution in [-0.4, -0.2) is 36.5 Å². The Kier molecular flexibility index (Phi) is 5.97. The third-order valence-electron chi connectivity index (χ3n) is 2.32. The SMILES string of the molecule is CCC(=O)N(CC(C)C(=O)OC)C(C)C. The summed E-state index contributed by atoms with van der Waals surface area (Å²) in [5, 5.41) is 0. The number of amides is 1. The van der Waals surface area contributed by atoms with Crippen LogP contribution in [0.5, 0.6) is 0 Å². The predicted octanol–water partition coefficient (Wildman–Crippen LogP) is 1.44. The molecule has 1 atom stereocenters. The molecule has 0 aliphatic rings. The number of esters is 1. The van der Waals surface area contributed by atoms with Gasteiger partial charge >= 0.3 is 5.97 Å². The molecule has 0 aromatic heterocycles. The van der Waals surface area contributed by atoms with Gasteiger partial charge in [-0.15, -0.1) is 0 Å². The van der Waals surface area contributed by atoms with Gasteiger partial charge in [-0.2, -0.15) is 0 Å². The monoisotopic (exact) mass is 215 g/mol. The molecule has 0 radical (unpaired) electrons. The van der Waals surface area contributed by atoms with E-state index in [1.807, 2.05) is 20.8 Å². The summed E-state index contributed by atoms with van der Waals surface area (Å²) in [6, 6.07) is 0.115. The molecule has 0 saturated heterocycles. The summed E-state index contributed by atoms with van der Waals surface area (Å²) in [4.78, 5) is 24.5. The minimum atomic E-state index is -0.274. The van der Waals surface area contributed by atoms with Gasteiger partial charge in [0.25, 0.3) is 0 Å². The van der Waals surface area contributed by atoms with Crippen molar-refractivity contribution >= 4 is 11.9 Å². The van der Waals surface area contributed by atoms with Gasteiger partial charge in [0.15, 0.2) is 0 Å². The molecule has 4 heteroatoms. The summed E-state index contributed by atoms with van der Waals surface area (Å²) in [6.45, 7) is 7.90. The number of rotatable bonds is 5. The van der Waals surface area contributed by atoms with Crippen molar-refractivity contribution in [3.05, 3.63) is 0 Å². The van der Waals surface area contributed by atoms with Crippen molar-refractivity contribution < 1.29 is 14.3 Å². The van der Waals surface area contributed by atoms with Crippen LogP contribution in [-0.2, 0) is 14.3 Å². The van der Waals surface area contributed by atoms with E-state index < -0.39 is 0 Å². The lowest BCUT2D eigenvalue weighted by Gasteiger charge is -2.28. The van der Waals surface area contributed by atoms with Gasteiger partial charge < -0.3 is 9.64 Å². The third kappa shape index (κ3) is 4.32. The summed E-state index contributed by atoms with van der Waals surface area (Å²) >= 11 is 0. The first-order valence-corrected chi connectivity index (χ1v) is 5.31. The van der Waals surface area contributed by atoms with Crippen LogP contribution in [0.3, 0.4) is 0 Å². The molecule has 1 amide bonds. The Labute approximate surface area is 91.6 Å². The molecule has 0 saturated carbocycles. The van der Waals surface area contributed by atoms with E-state index in [9.17, 15) is 9.59 Å². The smallest absolute Gasteiger partial charge is 0.310 e. The van der Waals surface area contributed by atoms with Crippen molar-refractivity contribution in [2.75, 3.05) is 13.7 Å². The second-order valence-electron chi connectivity index (χ2n) is 3.92. The summed E-state index contributed by atoms with van der Waals surface area (Å²) < 4.78 is 4.63. The molecule has 4 nitrogen and oxygen atoms in total. The number of carbonyl (C=O) groups excluding carboxylic acids is 2. The van der Waals surface area contributed by atoms with Gasteiger partial charge in [0.1, 0.15) is 0 Å². The Morgan fingerprint density at radius 3 is 2.13 bits per heavy atom. The maximum Gasteiger partial charge on any atom is 0.310 e. The quantitative estimate of drug-likeness (QED) is 0.652. The highest BCUT2D eigenvalue weighted by atomic mass is 16.5. The molecule has 0 aromatic rings. The standard InChI is InChI=1S/C11H21NO3/c1-6-10(13)12(8(2)3)7-9(4)11(14)15-5/h8-9H,6-7H2,1-5H3. The lowest BCUT2D eigenvalue weighted by atomic mass is 10.1. The largest absolute Gasteiger partial charge is 0.469 e. The molecule has 88 valence electrons. The molecule has 0 bridgehead atoms. The Morgan fingerprint density at radius 2 is 1.80 bits per heavy atom. The van der Waals surface area contributed by atoms with Crippen molar-refractivity contribution in [2.45, 2.75) is 40.2 Å². The second kappa shape index (κ2) is 6.43. The van der Waals surface area contributed by atoms with Gasteiger partial charge in [0.05, 0.1) is 13.0 Å².